The van der Waals surface area contributed by atoms with Crippen LogP contribution in [0.25, 0.3) is 0 Å². The van der Waals surface area contributed by atoms with Gasteiger partial charge in [-0.25, -0.2) is 0 Å². The third kappa shape index (κ3) is 4.41. The molecule has 2 nitrogen and oxygen atoms in total. The summed E-state index contributed by atoms with van der Waals surface area (Å²) < 4.78 is 1.19. The van der Waals surface area contributed by atoms with E-state index < -0.39 is 0 Å². The van der Waals surface area contributed by atoms with Crippen LogP contribution in [0.5, 0.6) is 0 Å². The molecule has 1 atom stereocenters. The zero-order valence-electron chi connectivity index (χ0n) is 11.3. The predicted octanol–water partition coefficient (Wildman–Crippen LogP) is 4.50. The van der Waals surface area contributed by atoms with Crippen molar-refractivity contribution in [3.63, 3.8) is 0 Å². The highest BCUT2D eigenvalue weighted by atomic mass is 79.9. The van der Waals surface area contributed by atoms with Crippen LogP contribution in [0.3, 0.4) is 0 Å². The molecule has 2 aromatic heterocycles. The molecule has 102 valence electrons. The average Bonchev–Trinajstić information content (AvgIpc) is 2.80. The van der Waals surface area contributed by atoms with Crippen LogP contribution < -0.4 is 5.32 Å². The Balaban J connectivity index is 2.15. The molecule has 0 amide bonds. The van der Waals surface area contributed by atoms with Gasteiger partial charge in [-0.05, 0) is 60.1 Å². The fourth-order valence-electron chi connectivity index (χ4n) is 2.02. The van der Waals surface area contributed by atoms with Crippen molar-refractivity contribution in [1.29, 1.82) is 0 Å². The number of rotatable bonds is 6. The van der Waals surface area contributed by atoms with Gasteiger partial charge in [-0.3, -0.25) is 4.98 Å². The molecular weight excluding hydrogens is 320 g/mol. The highest BCUT2D eigenvalue weighted by Gasteiger charge is 2.14. The molecule has 0 aliphatic heterocycles. The normalized spacial score (nSPS) is 12.6. The van der Waals surface area contributed by atoms with E-state index in [2.05, 4.69) is 57.4 Å². The molecule has 2 aromatic rings. The summed E-state index contributed by atoms with van der Waals surface area (Å²) in [5.41, 5.74) is 2.21. The molecule has 2 heterocycles. The number of nitrogens with zero attached hydrogens (tertiary/aromatic N) is 1. The molecular formula is C15H19BrN2S. The van der Waals surface area contributed by atoms with Crippen LogP contribution in [0.1, 0.15) is 35.7 Å². The molecule has 19 heavy (non-hydrogen) atoms. The molecule has 0 saturated heterocycles. The first-order valence-corrected chi connectivity index (χ1v) is 8.21. The first-order valence-electron chi connectivity index (χ1n) is 6.60. The first-order chi connectivity index (χ1) is 9.19. The summed E-state index contributed by atoms with van der Waals surface area (Å²) in [5.74, 6) is 0. The fraction of sp³-hybridized carbons (Fsp3) is 0.400. The van der Waals surface area contributed by atoms with Gasteiger partial charge in [-0.1, -0.05) is 13.0 Å². The Morgan fingerprint density at radius 3 is 2.79 bits per heavy atom. The largest absolute Gasteiger partial charge is 0.308 e. The van der Waals surface area contributed by atoms with Gasteiger partial charge in [0.15, 0.2) is 0 Å². The smallest absolute Gasteiger partial charge is 0.0701 e. The number of nitrogens with one attached hydrogen (secondary N) is 1. The molecule has 0 aliphatic carbocycles. The number of aryl methyl sites for hydroxylation is 1. The van der Waals surface area contributed by atoms with E-state index in [-0.39, 0.29) is 0 Å². The Bertz CT molecular complexity index is 524. The molecule has 4 heteroatoms. The van der Waals surface area contributed by atoms with E-state index in [1.54, 1.807) is 11.3 Å². The van der Waals surface area contributed by atoms with Crippen LogP contribution in [0.15, 0.2) is 34.1 Å². The van der Waals surface area contributed by atoms with Crippen molar-refractivity contribution >= 4 is 27.3 Å². The van der Waals surface area contributed by atoms with Gasteiger partial charge in [-0.15, -0.1) is 11.3 Å². The summed E-state index contributed by atoms with van der Waals surface area (Å²) in [5, 5.41) is 3.60. The van der Waals surface area contributed by atoms with Crippen molar-refractivity contribution < 1.29 is 0 Å². The maximum absolute atomic E-state index is 4.66. The van der Waals surface area contributed by atoms with Crippen molar-refractivity contribution in [3.8, 4) is 0 Å². The lowest BCUT2D eigenvalue weighted by atomic mass is 10.1. The highest BCUT2D eigenvalue weighted by molar-refractivity contribution is 9.11. The van der Waals surface area contributed by atoms with Crippen molar-refractivity contribution in [2.24, 2.45) is 0 Å². The lowest BCUT2D eigenvalue weighted by Gasteiger charge is -2.17. The van der Waals surface area contributed by atoms with Crippen LogP contribution in [0, 0.1) is 6.92 Å². The van der Waals surface area contributed by atoms with Crippen LogP contribution in [0.2, 0.25) is 0 Å². The third-order valence-electron chi connectivity index (χ3n) is 2.94. The lowest BCUT2D eigenvalue weighted by Crippen LogP contribution is -2.24. The summed E-state index contributed by atoms with van der Waals surface area (Å²) >= 11 is 5.32. The Labute approximate surface area is 127 Å². The number of pyridine rings is 1. The zero-order valence-corrected chi connectivity index (χ0v) is 13.7. The molecule has 0 aliphatic rings. The van der Waals surface area contributed by atoms with Crippen molar-refractivity contribution in [2.45, 2.75) is 32.7 Å². The summed E-state index contributed by atoms with van der Waals surface area (Å²) in [6, 6.07) is 10.8. The molecule has 0 saturated carbocycles. The van der Waals surface area contributed by atoms with Crippen molar-refractivity contribution in [2.75, 3.05) is 6.54 Å². The number of aromatic nitrogens is 1. The van der Waals surface area contributed by atoms with Gasteiger partial charge in [0.25, 0.3) is 0 Å². The number of halogens is 1. The topological polar surface area (TPSA) is 24.9 Å². The second-order valence-electron chi connectivity index (χ2n) is 4.62. The third-order valence-corrected chi connectivity index (χ3v) is 4.59. The number of hydrogen-bond donors (Lipinski definition) is 1. The maximum atomic E-state index is 4.66. The van der Waals surface area contributed by atoms with Crippen molar-refractivity contribution in [3.05, 3.63) is 50.4 Å². The number of hydrogen-bond acceptors (Lipinski definition) is 3. The lowest BCUT2D eigenvalue weighted by molar-refractivity contribution is 0.520. The molecule has 1 unspecified atom stereocenters. The Morgan fingerprint density at radius 1 is 1.32 bits per heavy atom. The molecule has 0 spiro atoms. The van der Waals surface area contributed by atoms with E-state index in [0.29, 0.717) is 6.04 Å². The Hall–Kier alpha value is -0.710. The second kappa shape index (κ2) is 7.17. The first kappa shape index (κ1) is 14.7. The van der Waals surface area contributed by atoms with E-state index in [4.69, 9.17) is 0 Å². The van der Waals surface area contributed by atoms with Gasteiger partial charge in [0.1, 0.15) is 0 Å². The van der Waals surface area contributed by atoms with Crippen LogP contribution in [-0.4, -0.2) is 11.5 Å². The van der Waals surface area contributed by atoms with Crippen LogP contribution >= 0.6 is 27.3 Å². The Kier molecular flexibility index (Phi) is 5.55. The standard InChI is InChI=1S/C15H19BrN2S/c1-3-9-17-14(10-12-7-8-15(16)19-12)13-6-4-5-11(2)18-13/h4-8,14,17H,3,9-10H2,1-2H3. The summed E-state index contributed by atoms with van der Waals surface area (Å²) in [4.78, 5) is 6.04. The monoisotopic (exact) mass is 338 g/mol. The van der Waals surface area contributed by atoms with Gasteiger partial charge in [0, 0.05) is 17.0 Å². The van der Waals surface area contributed by atoms with E-state index in [1.807, 2.05) is 13.0 Å². The van der Waals surface area contributed by atoms with Crippen molar-refractivity contribution in [1.82, 2.24) is 10.3 Å². The number of thiophene rings is 1. The van der Waals surface area contributed by atoms with Gasteiger partial charge in [0.2, 0.25) is 0 Å². The van der Waals surface area contributed by atoms with Gasteiger partial charge < -0.3 is 5.32 Å². The van der Waals surface area contributed by atoms with E-state index >= 15 is 0 Å². The molecule has 1 N–H and O–H groups in total. The average molecular weight is 339 g/mol. The molecule has 2 rings (SSSR count). The van der Waals surface area contributed by atoms with Gasteiger partial charge in [-0.2, -0.15) is 0 Å². The Morgan fingerprint density at radius 2 is 2.16 bits per heavy atom. The summed E-state index contributed by atoms with van der Waals surface area (Å²) in [7, 11) is 0. The van der Waals surface area contributed by atoms with Crippen LogP contribution in [0.4, 0.5) is 0 Å². The molecule has 0 aromatic carbocycles. The summed E-state index contributed by atoms with van der Waals surface area (Å²) in [6.45, 7) is 5.25. The van der Waals surface area contributed by atoms with E-state index in [1.165, 1.54) is 8.66 Å². The molecule has 0 radical (unpaired) electrons. The quantitative estimate of drug-likeness (QED) is 0.838. The minimum absolute atomic E-state index is 0.297. The van der Waals surface area contributed by atoms with Crippen LogP contribution in [-0.2, 0) is 6.42 Å². The minimum Gasteiger partial charge on any atom is -0.308 e. The SMILES string of the molecule is CCCNC(Cc1ccc(Br)s1)c1cccc(C)n1. The predicted molar refractivity (Wildman–Crippen MR) is 85.7 cm³/mol. The molecule has 0 fully saturated rings. The van der Waals surface area contributed by atoms with Gasteiger partial charge in [0.05, 0.1) is 15.5 Å². The van der Waals surface area contributed by atoms with E-state index in [0.717, 1.165) is 30.8 Å². The van der Waals surface area contributed by atoms with E-state index in [9.17, 15) is 0 Å². The second-order valence-corrected chi connectivity index (χ2v) is 7.17. The van der Waals surface area contributed by atoms with Gasteiger partial charge >= 0.3 is 0 Å². The minimum atomic E-state index is 0.297. The summed E-state index contributed by atoms with van der Waals surface area (Å²) in [6.07, 6.45) is 2.13. The fourth-order valence-corrected chi connectivity index (χ4v) is 3.55. The maximum Gasteiger partial charge on any atom is 0.0701 e. The highest BCUT2D eigenvalue weighted by Crippen LogP contribution is 2.26. The molecule has 0 bridgehead atoms. The zero-order chi connectivity index (χ0) is 13.7.